The molecule has 54 heavy (non-hydrogen) atoms. The maximum atomic E-state index is 14.9. The molecule has 3 aromatic rings. The van der Waals surface area contributed by atoms with Gasteiger partial charge in [0.05, 0.1) is 19.3 Å². The Labute approximate surface area is 308 Å². The Kier molecular flexibility index (Phi) is 14.7. The first-order valence-electron chi connectivity index (χ1n) is 15.7. The highest BCUT2D eigenvalue weighted by atomic mass is 35.5. The number of aromatic nitrogens is 1. The lowest BCUT2D eigenvalue weighted by atomic mass is 9.94. The van der Waals surface area contributed by atoms with E-state index in [0.29, 0.717) is 11.3 Å². The van der Waals surface area contributed by atoms with E-state index in [1.165, 1.54) is 57.4 Å². The molecule has 3 atom stereocenters. The van der Waals surface area contributed by atoms with Crippen LogP contribution in [0, 0.1) is 5.92 Å². The third kappa shape index (κ3) is 12.3. The molecule has 0 aliphatic heterocycles. The van der Waals surface area contributed by atoms with Gasteiger partial charge in [0.2, 0.25) is 17.6 Å². The highest BCUT2D eigenvalue weighted by Crippen LogP contribution is 2.24. The molecule has 1 heterocycles. The van der Waals surface area contributed by atoms with Crippen LogP contribution in [0.3, 0.4) is 0 Å². The number of halogens is 8. The van der Waals surface area contributed by atoms with E-state index >= 15 is 0 Å². The second kappa shape index (κ2) is 18.5. The number of rotatable bonds is 17. The summed E-state index contributed by atoms with van der Waals surface area (Å²) in [4.78, 5) is 69.6. The van der Waals surface area contributed by atoms with Crippen LogP contribution >= 0.6 is 11.6 Å². The first kappa shape index (κ1) is 42.9. The standard InChI is InChI=1S/C34H33ClF7N5O7/c1-17(2)25(27(48)34(41,42)31(52)44-16-33(38,39)40)46-30(51)26(19-7-9-21(53-3)10-8-19)47-29(50)24(14-18-5-4-6-20(35)13-18)45-28(49)23-12-11-22(15-43-23)54-32(36)37/h4-13,15,17,24-26,32H,14,16H2,1-3H3,(H,44,52)(H,45,49)(H,46,51)(H,47,50). The quantitative estimate of drug-likeness (QED) is 0.114. The van der Waals surface area contributed by atoms with Crippen LogP contribution in [0.4, 0.5) is 30.7 Å². The van der Waals surface area contributed by atoms with Crippen LogP contribution in [-0.4, -0.2) is 78.8 Å². The van der Waals surface area contributed by atoms with Crippen molar-refractivity contribution in [2.24, 2.45) is 5.92 Å². The van der Waals surface area contributed by atoms with E-state index < -0.39 is 78.7 Å². The van der Waals surface area contributed by atoms with E-state index in [9.17, 15) is 54.7 Å². The molecular weight excluding hydrogens is 759 g/mol. The van der Waals surface area contributed by atoms with Crippen molar-refractivity contribution in [2.45, 2.75) is 57.1 Å². The van der Waals surface area contributed by atoms with Crippen molar-refractivity contribution in [2.75, 3.05) is 13.7 Å². The van der Waals surface area contributed by atoms with Gasteiger partial charge < -0.3 is 30.7 Å². The van der Waals surface area contributed by atoms with Gasteiger partial charge in [-0.25, -0.2) is 4.98 Å². The molecule has 1 aromatic heterocycles. The number of hydrogen-bond acceptors (Lipinski definition) is 8. The Morgan fingerprint density at radius 1 is 0.852 bits per heavy atom. The topological polar surface area (TPSA) is 165 Å². The molecule has 0 spiro atoms. The van der Waals surface area contributed by atoms with Gasteiger partial charge >= 0.3 is 18.7 Å². The van der Waals surface area contributed by atoms with Gasteiger partial charge in [0, 0.05) is 11.4 Å². The predicted octanol–water partition coefficient (Wildman–Crippen LogP) is 4.57. The first-order valence-corrected chi connectivity index (χ1v) is 16.1. The number of amides is 4. The second-order valence-corrected chi connectivity index (χ2v) is 12.2. The summed E-state index contributed by atoms with van der Waals surface area (Å²) in [5.41, 5.74) is 0.0948. The van der Waals surface area contributed by atoms with Crippen molar-refractivity contribution in [3.63, 3.8) is 0 Å². The van der Waals surface area contributed by atoms with E-state index in [0.717, 1.165) is 23.6 Å². The largest absolute Gasteiger partial charge is 0.497 e. The monoisotopic (exact) mass is 791 g/mol. The molecule has 0 saturated heterocycles. The fourth-order valence-corrected chi connectivity index (χ4v) is 4.95. The zero-order valence-corrected chi connectivity index (χ0v) is 29.2. The molecule has 2 aromatic carbocycles. The average Bonchev–Trinajstić information content (AvgIpc) is 3.10. The summed E-state index contributed by atoms with van der Waals surface area (Å²) in [6, 6.07) is 8.10. The zero-order valence-electron chi connectivity index (χ0n) is 28.5. The highest BCUT2D eigenvalue weighted by molar-refractivity contribution is 6.30. The number of pyridine rings is 1. The number of nitrogens with one attached hydrogen (secondary N) is 4. The summed E-state index contributed by atoms with van der Waals surface area (Å²) >= 11 is 6.10. The number of Topliss-reactive ketones (excluding diaryl/α,β-unsaturated/α-hetero) is 1. The number of nitrogens with zero attached hydrogens (tertiary/aromatic N) is 1. The molecule has 0 radical (unpaired) electrons. The molecule has 0 fully saturated rings. The van der Waals surface area contributed by atoms with Crippen molar-refractivity contribution < 1.29 is 64.2 Å². The number of hydrogen-bond donors (Lipinski definition) is 4. The van der Waals surface area contributed by atoms with Gasteiger partial charge in [-0.3, -0.25) is 24.0 Å². The van der Waals surface area contributed by atoms with Crippen molar-refractivity contribution in [3.8, 4) is 11.5 Å². The summed E-state index contributed by atoms with van der Waals surface area (Å²) in [5, 5.41) is 8.12. The van der Waals surface area contributed by atoms with Gasteiger partial charge in [-0.05, 0) is 53.4 Å². The molecule has 292 valence electrons. The minimum Gasteiger partial charge on any atom is -0.497 e. The van der Waals surface area contributed by atoms with Crippen LogP contribution in [0.2, 0.25) is 5.02 Å². The molecule has 20 heteroatoms. The van der Waals surface area contributed by atoms with Crippen molar-refractivity contribution in [1.29, 1.82) is 0 Å². The van der Waals surface area contributed by atoms with E-state index in [1.807, 2.05) is 0 Å². The summed E-state index contributed by atoms with van der Waals surface area (Å²) in [7, 11) is 1.34. The number of methoxy groups -OCH3 is 1. The molecule has 0 bridgehead atoms. The summed E-state index contributed by atoms with van der Waals surface area (Å²) in [6.45, 7) is -2.89. The summed E-state index contributed by atoms with van der Waals surface area (Å²) in [6.07, 6.45) is -4.48. The van der Waals surface area contributed by atoms with E-state index in [2.05, 4.69) is 25.7 Å². The minimum absolute atomic E-state index is 0.00963. The number of alkyl halides is 7. The van der Waals surface area contributed by atoms with Crippen LogP contribution < -0.4 is 30.7 Å². The molecule has 0 aliphatic rings. The van der Waals surface area contributed by atoms with E-state index in [4.69, 9.17) is 16.3 Å². The van der Waals surface area contributed by atoms with E-state index in [-0.39, 0.29) is 28.5 Å². The number of ether oxygens (including phenoxy) is 2. The maximum Gasteiger partial charge on any atom is 0.405 e. The Balaban J connectivity index is 1.96. The minimum atomic E-state index is -5.07. The smallest absolute Gasteiger partial charge is 0.405 e. The van der Waals surface area contributed by atoms with Crippen LogP contribution in [0.5, 0.6) is 11.5 Å². The van der Waals surface area contributed by atoms with Crippen LogP contribution in [0.15, 0.2) is 66.9 Å². The molecule has 4 amide bonds. The Hall–Kier alpha value is -5.46. The average molecular weight is 792 g/mol. The SMILES string of the molecule is COc1ccc(C(NC(=O)C(Cc2cccc(Cl)c2)NC(=O)c2ccc(OC(F)F)cn2)C(=O)NC(C(=O)C(F)(F)C(=O)NCC(F)(F)F)C(C)C)cc1. The first-order chi connectivity index (χ1) is 25.2. The third-order valence-corrected chi connectivity index (χ3v) is 7.67. The number of carbonyl (C=O) groups is 5. The lowest BCUT2D eigenvalue weighted by molar-refractivity contribution is -0.165. The van der Waals surface area contributed by atoms with Crippen molar-refractivity contribution in [3.05, 3.63) is 88.7 Å². The normalized spacial score (nSPS) is 13.4. The maximum absolute atomic E-state index is 14.9. The number of carbonyl (C=O) groups excluding carboxylic acids is 5. The Bertz CT molecular complexity index is 1800. The second-order valence-electron chi connectivity index (χ2n) is 11.8. The van der Waals surface area contributed by atoms with Gasteiger partial charge in [0.15, 0.2) is 0 Å². The molecule has 0 saturated carbocycles. The van der Waals surface area contributed by atoms with Gasteiger partial charge in [-0.2, -0.15) is 30.7 Å². The van der Waals surface area contributed by atoms with Gasteiger partial charge in [-0.15, -0.1) is 0 Å². The van der Waals surface area contributed by atoms with Crippen molar-refractivity contribution >= 4 is 41.0 Å². The fourth-order valence-electron chi connectivity index (χ4n) is 4.74. The van der Waals surface area contributed by atoms with Gasteiger partial charge in [0.25, 0.3) is 11.8 Å². The number of benzene rings is 2. The summed E-state index contributed by atoms with van der Waals surface area (Å²) < 4.78 is 102. The predicted molar refractivity (Wildman–Crippen MR) is 177 cm³/mol. The molecule has 3 unspecified atom stereocenters. The van der Waals surface area contributed by atoms with Crippen molar-refractivity contribution in [1.82, 2.24) is 26.3 Å². The Morgan fingerprint density at radius 3 is 2.04 bits per heavy atom. The molecule has 12 nitrogen and oxygen atoms in total. The lowest BCUT2D eigenvalue weighted by Gasteiger charge is -2.28. The number of ketones is 1. The van der Waals surface area contributed by atoms with Crippen LogP contribution in [-0.2, 0) is 25.6 Å². The zero-order chi connectivity index (χ0) is 40.4. The van der Waals surface area contributed by atoms with Crippen LogP contribution in [0.1, 0.15) is 41.5 Å². The Morgan fingerprint density at radius 2 is 1.50 bits per heavy atom. The molecule has 3 rings (SSSR count). The van der Waals surface area contributed by atoms with Crippen LogP contribution in [0.25, 0.3) is 0 Å². The van der Waals surface area contributed by atoms with Gasteiger partial charge in [0.1, 0.15) is 35.8 Å². The molecule has 4 N–H and O–H groups in total. The third-order valence-electron chi connectivity index (χ3n) is 7.43. The van der Waals surface area contributed by atoms with Gasteiger partial charge in [-0.1, -0.05) is 49.7 Å². The fraction of sp³-hybridized carbons (Fsp3) is 0.353. The highest BCUT2D eigenvalue weighted by Gasteiger charge is 2.52. The summed E-state index contributed by atoms with van der Waals surface area (Å²) in [5.74, 6) is -14.3. The molecular formula is C34H33ClF7N5O7. The molecule has 0 aliphatic carbocycles. The van der Waals surface area contributed by atoms with E-state index in [1.54, 1.807) is 12.1 Å². The lowest BCUT2D eigenvalue weighted by Crippen LogP contribution is -2.58.